The summed E-state index contributed by atoms with van der Waals surface area (Å²) >= 11 is 0. The van der Waals surface area contributed by atoms with Gasteiger partial charge in [0.15, 0.2) is 0 Å². The molecule has 2 saturated carbocycles. The molecule has 1 N–H and O–H groups in total. The van der Waals surface area contributed by atoms with E-state index in [1.54, 1.807) is 23.2 Å². The molecule has 7 heteroatoms. The molecule has 0 radical (unpaired) electrons. The summed E-state index contributed by atoms with van der Waals surface area (Å²) in [6.45, 7) is 0.958. The number of amides is 2. The molecule has 7 nitrogen and oxygen atoms in total. The van der Waals surface area contributed by atoms with E-state index in [-0.39, 0.29) is 17.1 Å². The summed E-state index contributed by atoms with van der Waals surface area (Å²) in [6, 6.07) is 16.1. The third kappa shape index (κ3) is 3.66. The molecule has 1 aromatic carbocycles. The van der Waals surface area contributed by atoms with Crippen molar-refractivity contribution in [3.8, 4) is 6.07 Å². The van der Waals surface area contributed by atoms with Crippen molar-refractivity contribution in [3.05, 3.63) is 59.9 Å². The van der Waals surface area contributed by atoms with Crippen molar-refractivity contribution in [2.24, 2.45) is 0 Å². The molecule has 1 saturated heterocycles. The van der Waals surface area contributed by atoms with Gasteiger partial charge in [-0.2, -0.15) is 5.26 Å². The number of hydrogen-bond donors (Lipinski definition) is 1. The monoisotopic (exact) mass is 459 g/mol. The fourth-order valence-electron chi connectivity index (χ4n) is 6.18. The first-order chi connectivity index (χ1) is 16.3. The van der Waals surface area contributed by atoms with Gasteiger partial charge in [-0.25, -0.2) is 9.78 Å². The number of β-amino-alcohol motifs (C(OH)–C–C–N with tert-alkyl or cyclic N) is 1. The zero-order valence-electron chi connectivity index (χ0n) is 20.1. The van der Waals surface area contributed by atoms with E-state index in [0.717, 1.165) is 44.9 Å². The van der Waals surface area contributed by atoms with E-state index < -0.39 is 5.60 Å². The predicted octanol–water partition coefficient (Wildman–Crippen LogP) is 3.88. The van der Waals surface area contributed by atoms with Gasteiger partial charge in [-0.3, -0.25) is 9.80 Å². The highest BCUT2D eigenvalue weighted by atomic mass is 16.3. The number of urea groups is 1. The third-order valence-electron chi connectivity index (χ3n) is 8.57. The fraction of sp³-hybridized carbons (Fsp3) is 0.519. The van der Waals surface area contributed by atoms with Crippen LogP contribution in [-0.4, -0.2) is 64.2 Å². The second-order valence-electron chi connectivity index (χ2n) is 10.6. The zero-order chi connectivity index (χ0) is 24.0. The van der Waals surface area contributed by atoms with Crippen LogP contribution < -0.4 is 4.90 Å². The molecule has 0 atom stereocenters. The van der Waals surface area contributed by atoms with E-state index in [0.29, 0.717) is 24.5 Å². The van der Waals surface area contributed by atoms with Crippen LogP contribution in [0.25, 0.3) is 0 Å². The second-order valence-corrected chi connectivity index (χ2v) is 10.6. The molecule has 5 rings (SSSR count). The normalized spacial score (nSPS) is 28.3. The quantitative estimate of drug-likeness (QED) is 0.734. The molecule has 178 valence electrons. The Hall–Kier alpha value is -2.95. The maximum atomic E-state index is 13.8. The number of aliphatic hydroxyl groups is 1. The van der Waals surface area contributed by atoms with E-state index in [4.69, 9.17) is 5.26 Å². The Labute approximate surface area is 201 Å². The molecule has 3 aliphatic rings. The minimum Gasteiger partial charge on any atom is -0.388 e. The Bertz CT molecular complexity index is 1080. The summed E-state index contributed by atoms with van der Waals surface area (Å²) < 4.78 is 0. The van der Waals surface area contributed by atoms with Crippen LogP contribution in [0.1, 0.15) is 56.2 Å². The number of nitriles is 1. The van der Waals surface area contributed by atoms with Crippen LogP contribution >= 0.6 is 0 Å². The van der Waals surface area contributed by atoms with Gasteiger partial charge in [0.2, 0.25) is 0 Å². The fourth-order valence-corrected chi connectivity index (χ4v) is 6.18. The summed E-state index contributed by atoms with van der Waals surface area (Å²) in [5, 5.41) is 20.1. The van der Waals surface area contributed by atoms with Gasteiger partial charge in [-0.05, 0) is 76.7 Å². The van der Waals surface area contributed by atoms with Crippen LogP contribution in [0.5, 0.6) is 0 Å². The van der Waals surface area contributed by atoms with Crippen molar-refractivity contribution >= 4 is 11.7 Å². The van der Waals surface area contributed by atoms with Gasteiger partial charge < -0.3 is 10.0 Å². The van der Waals surface area contributed by atoms with Gasteiger partial charge in [-0.1, -0.05) is 30.3 Å². The lowest BCUT2D eigenvalue weighted by atomic mass is 9.67. The number of pyridine rings is 1. The highest BCUT2D eigenvalue weighted by Gasteiger charge is 2.56. The van der Waals surface area contributed by atoms with Crippen molar-refractivity contribution < 1.29 is 9.90 Å². The number of rotatable bonds is 5. The minimum atomic E-state index is -0.781. The van der Waals surface area contributed by atoms with Gasteiger partial charge >= 0.3 is 6.03 Å². The SMILES string of the molecule is CN(C)[C@]1(c2ccccc2)CC[C@]2(CC1)CN(c1ccc(C#N)nc1)C(=O)N2CC1(O)CCC1. The summed E-state index contributed by atoms with van der Waals surface area (Å²) in [7, 11) is 4.29. The molecule has 2 amide bonds. The van der Waals surface area contributed by atoms with Gasteiger partial charge in [0, 0.05) is 5.54 Å². The Morgan fingerprint density at radius 1 is 1.06 bits per heavy atom. The van der Waals surface area contributed by atoms with Gasteiger partial charge in [-0.15, -0.1) is 0 Å². The molecular formula is C27H33N5O2. The molecule has 1 spiro atoms. The summed E-state index contributed by atoms with van der Waals surface area (Å²) in [5.74, 6) is 0. The van der Waals surface area contributed by atoms with E-state index in [2.05, 4.69) is 54.3 Å². The van der Waals surface area contributed by atoms with Gasteiger partial charge in [0.1, 0.15) is 11.8 Å². The van der Waals surface area contributed by atoms with Gasteiger partial charge in [0.25, 0.3) is 0 Å². The second kappa shape index (κ2) is 8.37. The Morgan fingerprint density at radius 2 is 1.76 bits per heavy atom. The van der Waals surface area contributed by atoms with Crippen molar-refractivity contribution in [1.82, 2.24) is 14.8 Å². The molecule has 0 unspecified atom stereocenters. The lowest BCUT2D eigenvalue weighted by Crippen LogP contribution is -2.59. The first-order valence-corrected chi connectivity index (χ1v) is 12.2. The van der Waals surface area contributed by atoms with Crippen LogP contribution in [0.2, 0.25) is 0 Å². The van der Waals surface area contributed by atoms with Crippen molar-refractivity contribution in [1.29, 1.82) is 5.26 Å². The largest absolute Gasteiger partial charge is 0.388 e. The maximum Gasteiger partial charge on any atom is 0.325 e. The molecule has 2 aliphatic carbocycles. The standard InChI is InChI=1S/C27H33N5O2/c1-30(2)27(21-7-4-3-5-8-21)15-13-25(14-16-27)19-31(23-10-9-22(17-28)29-18-23)24(33)32(25)20-26(34)11-6-12-26/h3-5,7-10,18,34H,6,11-16,19-20H2,1-2H3/t25-,27+. The molecule has 0 bridgehead atoms. The van der Waals surface area contributed by atoms with Crippen LogP contribution in [0.15, 0.2) is 48.7 Å². The number of aromatic nitrogens is 1. The average Bonchev–Trinajstić information content (AvgIpc) is 3.10. The molecule has 1 aromatic heterocycles. The van der Waals surface area contributed by atoms with Crippen LogP contribution in [-0.2, 0) is 5.54 Å². The number of hydrogen-bond acceptors (Lipinski definition) is 5. The molecule has 1 aliphatic heterocycles. The van der Waals surface area contributed by atoms with Crippen LogP contribution in [0.4, 0.5) is 10.5 Å². The lowest BCUT2D eigenvalue weighted by molar-refractivity contribution is -0.0725. The van der Waals surface area contributed by atoms with E-state index in [9.17, 15) is 9.90 Å². The van der Waals surface area contributed by atoms with E-state index in [1.807, 2.05) is 11.0 Å². The molecule has 3 fully saturated rings. The topological polar surface area (TPSA) is 83.7 Å². The Kier molecular flexibility index (Phi) is 5.62. The van der Waals surface area contributed by atoms with Crippen LogP contribution in [0, 0.1) is 11.3 Å². The predicted molar refractivity (Wildman–Crippen MR) is 130 cm³/mol. The molecular weight excluding hydrogens is 426 g/mol. The van der Waals surface area contributed by atoms with E-state index in [1.165, 1.54) is 5.56 Å². The average molecular weight is 460 g/mol. The number of anilines is 1. The maximum absolute atomic E-state index is 13.8. The summed E-state index contributed by atoms with van der Waals surface area (Å²) in [6.07, 6.45) is 7.71. The number of benzene rings is 1. The Balaban J connectivity index is 1.46. The zero-order valence-corrected chi connectivity index (χ0v) is 20.1. The van der Waals surface area contributed by atoms with Crippen molar-refractivity contribution in [2.75, 3.05) is 32.1 Å². The van der Waals surface area contributed by atoms with Gasteiger partial charge in [0.05, 0.1) is 36.1 Å². The van der Waals surface area contributed by atoms with E-state index >= 15 is 0 Å². The minimum absolute atomic E-state index is 0.0658. The van der Waals surface area contributed by atoms with Crippen LogP contribution in [0.3, 0.4) is 0 Å². The molecule has 2 heterocycles. The third-order valence-corrected chi connectivity index (χ3v) is 8.57. The number of carbonyl (C=O) groups excluding carboxylic acids is 1. The lowest BCUT2D eigenvalue weighted by Gasteiger charge is -2.52. The highest BCUT2D eigenvalue weighted by Crippen LogP contribution is 2.50. The van der Waals surface area contributed by atoms with Crippen molar-refractivity contribution in [3.63, 3.8) is 0 Å². The first-order valence-electron chi connectivity index (χ1n) is 12.2. The summed E-state index contributed by atoms with van der Waals surface area (Å²) in [4.78, 5) is 24.0. The van der Waals surface area contributed by atoms with Crippen molar-refractivity contribution in [2.45, 2.75) is 61.6 Å². The molecule has 34 heavy (non-hydrogen) atoms. The number of nitrogens with zero attached hydrogens (tertiary/aromatic N) is 5. The smallest absolute Gasteiger partial charge is 0.325 e. The summed E-state index contributed by atoms with van der Waals surface area (Å²) in [5.41, 5.74) is 1.18. The first kappa shape index (κ1) is 22.8. The highest BCUT2D eigenvalue weighted by molar-refractivity contribution is 5.95. The number of carbonyl (C=O) groups is 1. The molecule has 2 aromatic rings. The Morgan fingerprint density at radius 3 is 2.29 bits per heavy atom.